The lowest BCUT2D eigenvalue weighted by molar-refractivity contribution is -0.142. The van der Waals surface area contributed by atoms with Gasteiger partial charge in [0.05, 0.1) is 18.7 Å². The van der Waals surface area contributed by atoms with Crippen LogP contribution < -0.4 is 14.8 Å². The van der Waals surface area contributed by atoms with Gasteiger partial charge in [-0.25, -0.2) is 4.79 Å². The number of hydrogen-bond acceptors (Lipinski definition) is 5. The molecule has 0 aliphatic rings. The SMILES string of the molecule is CCCC(NC(=O)COc1ccc(C#N)cc1OC)C(=O)O. The van der Waals surface area contributed by atoms with Crippen molar-refractivity contribution in [1.29, 1.82) is 5.26 Å². The number of carboxylic acid groups (broad SMARTS) is 1. The minimum absolute atomic E-state index is 0.305. The Morgan fingerprint density at radius 1 is 1.41 bits per heavy atom. The van der Waals surface area contributed by atoms with E-state index in [2.05, 4.69) is 5.32 Å². The number of hydrogen-bond donors (Lipinski definition) is 2. The summed E-state index contributed by atoms with van der Waals surface area (Å²) in [5.74, 6) is -0.979. The van der Waals surface area contributed by atoms with Crippen LogP contribution >= 0.6 is 0 Å². The quantitative estimate of drug-likeness (QED) is 0.749. The summed E-state index contributed by atoms with van der Waals surface area (Å²) in [5.41, 5.74) is 0.405. The molecule has 0 heterocycles. The topological polar surface area (TPSA) is 109 Å². The average molecular weight is 306 g/mol. The fourth-order valence-corrected chi connectivity index (χ4v) is 1.78. The molecule has 2 N–H and O–H groups in total. The van der Waals surface area contributed by atoms with Gasteiger partial charge in [0.2, 0.25) is 0 Å². The second-order valence-electron chi connectivity index (χ2n) is 4.51. The number of rotatable bonds is 8. The van der Waals surface area contributed by atoms with E-state index in [1.54, 1.807) is 0 Å². The molecule has 0 spiro atoms. The summed E-state index contributed by atoms with van der Waals surface area (Å²) in [5, 5.41) is 20.2. The molecule has 0 saturated carbocycles. The molecule has 0 aromatic heterocycles. The van der Waals surface area contributed by atoms with Crippen LogP contribution in [-0.2, 0) is 9.59 Å². The van der Waals surface area contributed by atoms with Crippen molar-refractivity contribution in [2.75, 3.05) is 13.7 Å². The first-order valence-electron chi connectivity index (χ1n) is 6.74. The van der Waals surface area contributed by atoms with Gasteiger partial charge >= 0.3 is 5.97 Å². The highest BCUT2D eigenvalue weighted by molar-refractivity contribution is 5.84. The van der Waals surface area contributed by atoms with E-state index in [4.69, 9.17) is 19.8 Å². The van der Waals surface area contributed by atoms with Crippen molar-refractivity contribution in [1.82, 2.24) is 5.32 Å². The van der Waals surface area contributed by atoms with Crippen LogP contribution in [0.4, 0.5) is 0 Å². The van der Waals surface area contributed by atoms with Crippen LogP contribution in [0.1, 0.15) is 25.3 Å². The molecule has 1 atom stereocenters. The van der Waals surface area contributed by atoms with Crippen molar-refractivity contribution in [2.45, 2.75) is 25.8 Å². The van der Waals surface area contributed by atoms with Crippen LogP contribution in [0.5, 0.6) is 11.5 Å². The summed E-state index contributed by atoms with van der Waals surface area (Å²) in [4.78, 5) is 22.7. The molecular weight excluding hydrogens is 288 g/mol. The maximum atomic E-state index is 11.7. The van der Waals surface area contributed by atoms with Gasteiger partial charge in [-0.2, -0.15) is 5.26 Å². The number of nitrogens with zero attached hydrogens (tertiary/aromatic N) is 1. The molecule has 7 heteroatoms. The van der Waals surface area contributed by atoms with E-state index in [-0.39, 0.29) is 6.61 Å². The summed E-state index contributed by atoms with van der Waals surface area (Å²) < 4.78 is 10.4. The number of nitrogens with one attached hydrogen (secondary N) is 1. The van der Waals surface area contributed by atoms with Gasteiger partial charge in [-0.1, -0.05) is 13.3 Å². The molecule has 0 aliphatic heterocycles. The minimum atomic E-state index is -1.08. The molecular formula is C15H18N2O5. The molecule has 1 rings (SSSR count). The Morgan fingerprint density at radius 2 is 2.14 bits per heavy atom. The lowest BCUT2D eigenvalue weighted by atomic mass is 10.2. The van der Waals surface area contributed by atoms with Gasteiger partial charge in [-0.15, -0.1) is 0 Å². The van der Waals surface area contributed by atoms with Gasteiger partial charge in [-0.05, 0) is 18.6 Å². The van der Waals surface area contributed by atoms with Gasteiger partial charge < -0.3 is 19.9 Å². The van der Waals surface area contributed by atoms with E-state index in [1.165, 1.54) is 25.3 Å². The van der Waals surface area contributed by atoms with Crippen LogP contribution in [0.25, 0.3) is 0 Å². The van der Waals surface area contributed by atoms with Crippen LogP contribution in [0.15, 0.2) is 18.2 Å². The first kappa shape index (κ1) is 17.3. The predicted molar refractivity (Wildman–Crippen MR) is 77.7 cm³/mol. The smallest absolute Gasteiger partial charge is 0.326 e. The van der Waals surface area contributed by atoms with Crippen molar-refractivity contribution in [3.05, 3.63) is 23.8 Å². The average Bonchev–Trinajstić information content (AvgIpc) is 2.52. The highest BCUT2D eigenvalue weighted by Crippen LogP contribution is 2.27. The number of benzene rings is 1. The molecule has 118 valence electrons. The van der Waals surface area contributed by atoms with E-state index in [0.717, 1.165) is 0 Å². The van der Waals surface area contributed by atoms with Gasteiger partial charge in [0.25, 0.3) is 5.91 Å². The number of carbonyl (C=O) groups excluding carboxylic acids is 1. The molecule has 22 heavy (non-hydrogen) atoms. The number of carbonyl (C=O) groups is 2. The molecule has 0 fully saturated rings. The fraction of sp³-hybridized carbons (Fsp3) is 0.400. The molecule has 0 saturated heterocycles. The summed E-state index contributed by atoms with van der Waals surface area (Å²) in [6.07, 6.45) is 0.989. The third-order valence-corrected chi connectivity index (χ3v) is 2.86. The standard InChI is InChI=1S/C15H18N2O5/c1-3-4-11(15(19)20)17-14(18)9-22-12-6-5-10(8-16)7-13(12)21-2/h5-7,11H,3-4,9H2,1-2H3,(H,17,18)(H,19,20). The normalized spacial score (nSPS) is 11.1. The zero-order valence-corrected chi connectivity index (χ0v) is 12.5. The molecule has 1 amide bonds. The van der Waals surface area contributed by atoms with Gasteiger partial charge in [-0.3, -0.25) is 4.79 Å². The zero-order chi connectivity index (χ0) is 16.5. The van der Waals surface area contributed by atoms with E-state index in [1.807, 2.05) is 13.0 Å². The second kappa shape index (κ2) is 8.52. The maximum Gasteiger partial charge on any atom is 0.326 e. The molecule has 1 aromatic rings. The Bertz CT molecular complexity index is 580. The molecule has 7 nitrogen and oxygen atoms in total. The number of amides is 1. The second-order valence-corrected chi connectivity index (χ2v) is 4.51. The lowest BCUT2D eigenvalue weighted by Gasteiger charge is -2.14. The highest BCUT2D eigenvalue weighted by Gasteiger charge is 2.19. The van der Waals surface area contributed by atoms with Gasteiger partial charge in [0, 0.05) is 6.07 Å². The van der Waals surface area contributed by atoms with Crippen LogP contribution in [0, 0.1) is 11.3 Å². The van der Waals surface area contributed by atoms with Crippen molar-refractivity contribution < 1.29 is 24.2 Å². The van der Waals surface area contributed by atoms with Crippen LogP contribution in [0.3, 0.4) is 0 Å². The number of nitriles is 1. The predicted octanol–water partition coefficient (Wildman–Crippen LogP) is 1.32. The first-order valence-corrected chi connectivity index (χ1v) is 6.74. The van der Waals surface area contributed by atoms with E-state index < -0.39 is 17.9 Å². The van der Waals surface area contributed by atoms with E-state index >= 15 is 0 Å². The van der Waals surface area contributed by atoms with Gasteiger partial charge in [0.1, 0.15) is 6.04 Å². The molecule has 0 radical (unpaired) electrons. The molecule has 0 bridgehead atoms. The molecule has 1 unspecified atom stereocenters. The Kier molecular flexibility index (Phi) is 6.70. The first-order chi connectivity index (χ1) is 10.5. The fourth-order valence-electron chi connectivity index (χ4n) is 1.78. The van der Waals surface area contributed by atoms with Crippen LogP contribution in [-0.4, -0.2) is 36.7 Å². The minimum Gasteiger partial charge on any atom is -0.493 e. The molecule has 1 aromatic carbocycles. The van der Waals surface area contributed by atoms with Crippen LogP contribution in [0.2, 0.25) is 0 Å². The number of ether oxygens (including phenoxy) is 2. The largest absolute Gasteiger partial charge is 0.493 e. The Labute approximate surface area is 128 Å². The van der Waals surface area contributed by atoms with Crippen molar-refractivity contribution >= 4 is 11.9 Å². The maximum absolute atomic E-state index is 11.7. The van der Waals surface area contributed by atoms with E-state index in [0.29, 0.717) is 29.9 Å². The van der Waals surface area contributed by atoms with Crippen molar-refractivity contribution in [3.63, 3.8) is 0 Å². The summed E-state index contributed by atoms with van der Waals surface area (Å²) in [6.45, 7) is 1.50. The summed E-state index contributed by atoms with van der Waals surface area (Å²) in [6, 6.07) is 5.58. The summed E-state index contributed by atoms with van der Waals surface area (Å²) in [7, 11) is 1.42. The summed E-state index contributed by atoms with van der Waals surface area (Å²) >= 11 is 0. The third-order valence-electron chi connectivity index (χ3n) is 2.86. The molecule has 0 aliphatic carbocycles. The van der Waals surface area contributed by atoms with Gasteiger partial charge in [0.15, 0.2) is 18.1 Å². The third kappa shape index (κ3) is 4.98. The van der Waals surface area contributed by atoms with Crippen molar-refractivity contribution in [2.24, 2.45) is 0 Å². The Balaban J connectivity index is 2.64. The van der Waals surface area contributed by atoms with Crippen molar-refractivity contribution in [3.8, 4) is 17.6 Å². The Morgan fingerprint density at radius 3 is 2.68 bits per heavy atom. The monoisotopic (exact) mass is 306 g/mol. The van der Waals surface area contributed by atoms with E-state index in [9.17, 15) is 9.59 Å². The Hall–Kier alpha value is -2.75. The number of methoxy groups -OCH3 is 1. The zero-order valence-electron chi connectivity index (χ0n) is 12.5. The lowest BCUT2D eigenvalue weighted by Crippen LogP contribution is -2.42. The highest BCUT2D eigenvalue weighted by atomic mass is 16.5. The number of carboxylic acids is 1. The number of aliphatic carboxylic acids is 1.